The predicted molar refractivity (Wildman–Crippen MR) is 71.2 cm³/mol. The minimum Gasteiger partial charge on any atom is -0.355 e. The lowest BCUT2D eigenvalue weighted by Gasteiger charge is -2.39. The van der Waals surface area contributed by atoms with Crippen LogP contribution in [0.15, 0.2) is 35.5 Å². The van der Waals surface area contributed by atoms with E-state index in [1.54, 1.807) is 18.6 Å². The summed E-state index contributed by atoms with van der Waals surface area (Å²) in [5.74, 6) is 0.763. The maximum atomic E-state index is 12.6. The van der Waals surface area contributed by atoms with E-state index in [0.29, 0.717) is 25.0 Å². The highest BCUT2D eigenvalue weighted by Crippen LogP contribution is 2.27. The molecular weight excluding hydrogens is 299 g/mol. The zero-order valence-electron chi connectivity index (χ0n) is 11.4. The van der Waals surface area contributed by atoms with Crippen molar-refractivity contribution >= 4 is 5.82 Å². The van der Waals surface area contributed by atoms with E-state index in [2.05, 4.69) is 15.1 Å². The van der Waals surface area contributed by atoms with Gasteiger partial charge in [-0.1, -0.05) is 0 Å². The minimum absolute atomic E-state index is 0.0516. The molecule has 0 atom stereocenters. The van der Waals surface area contributed by atoms with Crippen molar-refractivity contribution in [1.82, 2.24) is 19.7 Å². The molecule has 0 radical (unpaired) electrons. The van der Waals surface area contributed by atoms with Gasteiger partial charge in [0.2, 0.25) is 0 Å². The van der Waals surface area contributed by atoms with Crippen LogP contribution in [0.1, 0.15) is 5.69 Å². The van der Waals surface area contributed by atoms with Crippen molar-refractivity contribution in [2.45, 2.75) is 12.7 Å². The lowest BCUT2D eigenvalue weighted by Crippen LogP contribution is -2.50. The standard InChI is InChI=1S/C13H12F3N5O/c14-13(15,16)10-1-2-12(22)21(19-10)8-9-6-20(7-9)11-5-17-3-4-18-11/h1-5,9H,6-8H2. The summed E-state index contributed by atoms with van der Waals surface area (Å²) in [5.41, 5.74) is -1.59. The van der Waals surface area contributed by atoms with Crippen LogP contribution in [-0.4, -0.2) is 32.8 Å². The predicted octanol–water partition coefficient (Wildman–Crippen LogP) is 1.19. The third-order valence-electron chi connectivity index (χ3n) is 3.42. The van der Waals surface area contributed by atoms with Crippen molar-refractivity contribution in [2.75, 3.05) is 18.0 Å². The molecule has 1 saturated heterocycles. The Bertz CT molecular complexity index is 710. The summed E-state index contributed by atoms with van der Waals surface area (Å²) in [4.78, 5) is 21.7. The average Bonchev–Trinajstić information content (AvgIpc) is 2.43. The second-order valence-corrected chi connectivity index (χ2v) is 5.07. The maximum absolute atomic E-state index is 12.6. The molecule has 22 heavy (non-hydrogen) atoms. The van der Waals surface area contributed by atoms with Crippen molar-refractivity contribution in [2.24, 2.45) is 5.92 Å². The van der Waals surface area contributed by atoms with E-state index in [-0.39, 0.29) is 12.5 Å². The van der Waals surface area contributed by atoms with Gasteiger partial charge < -0.3 is 4.90 Å². The van der Waals surface area contributed by atoms with Gasteiger partial charge in [-0.15, -0.1) is 0 Å². The van der Waals surface area contributed by atoms with Crippen molar-refractivity contribution in [3.63, 3.8) is 0 Å². The average molecular weight is 311 g/mol. The van der Waals surface area contributed by atoms with E-state index < -0.39 is 17.4 Å². The lowest BCUT2D eigenvalue weighted by atomic mass is 10.0. The molecule has 0 aliphatic carbocycles. The summed E-state index contributed by atoms with van der Waals surface area (Å²) < 4.78 is 38.7. The normalized spacial score (nSPS) is 15.7. The molecule has 3 rings (SSSR count). The summed E-state index contributed by atoms with van der Waals surface area (Å²) in [5, 5.41) is 3.40. The molecule has 9 heteroatoms. The highest BCUT2D eigenvalue weighted by molar-refractivity contribution is 5.38. The first-order chi connectivity index (χ1) is 10.4. The van der Waals surface area contributed by atoms with Gasteiger partial charge in [0, 0.05) is 37.5 Å². The fraction of sp³-hybridized carbons (Fsp3) is 0.385. The third kappa shape index (κ3) is 2.92. The van der Waals surface area contributed by atoms with Crippen LogP contribution in [0.5, 0.6) is 0 Å². The van der Waals surface area contributed by atoms with E-state index in [0.717, 1.165) is 10.7 Å². The Morgan fingerprint density at radius 1 is 1.23 bits per heavy atom. The largest absolute Gasteiger partial charge is 0.435 e. The Labute approximate surface area is 123 Å². The maximum Gasteiger partial charge on any atom is 0.435 e. The van der Waals surface area contributed by atoms with Crippen LogP contribution < -0.4 is 10.5 Å². The quantitative estimate of drug-likeness (QED) is 0.852. The van der Waals surface area contributed by atoms with Gasteiger partial charge in [0.25, 0.3) is 5.56 Å². The van der Waals surface area contributed by atoms with Gasteiger partial charge >= 0.3 is 6.18 Å². The molecule has 0 amide bonds. The molecule has 0 aromatic carbocycles. The molecule has 0 N–H and O–H groups in total. The van der Waals surface area contributed by atoms with Crippen LogP contribution >= 0.6 is 0 Å². The third-order valence-corrected chi connectivity index (χ3v) is 3.42. The van der Waals surface area contributed by atoms with Crippen molar-refractivity contribution in [3.8, 4) is 0 Å². The van der Waals surface area contributed by atoms with E-state index in [4.69, 9.17) is 0 Å². The van der Waals surface area contributed by atoms with Crippen LogP contribution in [0.3, 0.4) is 0 Å². The lowest BCUT2D eigenvalue weighted by molar-refractivity contribution is -0.142. The van der Waals surface area contributed by atoms with Gasteiger partial charge in [0.15, 0.2) is 5.69 Å². The number of anilines is 1. The summed E-state index contributed by atoms with van der Waals surface area (Å²) in [7, 11) is 0. The topological polar surface area (TPSA) is 63.9 Å². The molecule has 0 spiro atoms. The number of rotatable bonds is 3. The molecular formula is C13H12F3N5O. The number of alkyl halides is 3. The van der Waals surface area contributed by atoms with Gasteiger partial charge in [-0.05, 0) is 6.07 Å². The SMILES string of the molecule is O=c1ccc(C(F)(F)F)nn1CC1CN(c2cnccn2)C1. The number of nitrogens with zero attached hydrogens (tertiary/aromatic N) is 5. The monoisotopic (exact) mass is 311 g/mol. The van der Waals surface area contributed by atoms with Gasteiger partial charge in [0.1, 0.15) is 5.82 Å². The number of hydrogen-bond donors (Lipinski definition) is 0. The van der Waals surface area contributed by atoms with Crippen LogP contribution in [0.4, 0.5) is 19.0 Å². The van der Waals surface area contributed by atoms with Crippen LogP contribution in [-0.2, 0) is 12.7 Å². The summed E-state index contributed by atoms with van der Waals surface area (Å²) in [6, 6.07) is 1.60. The molecule has 0 unspecified atom stereocenters. The van der Waals surface area contributed by atoms with Crippen molar-refractivity contribution in [3.05, 3.63) is 46.8 Å². The van der Waals surface area contributed by atoms with Crippen molar-refractivity contribution < 1.29 is 13.2 Å². The van der Waals surface area contributed by atoms with E-state index >= 15 is 0 Å². The molecule has 6 nitrogen and oxygen atoms in total. The van der Waals surface area contributed by atoms with Gasteiger partial charge in [-0.3, -0.25) is 9.78 Å². The van der Waals surface area contributed by atoms with Crippen molar-refractivity contribution in [1.29, 1.82) is 0 Å². The molecule has 1 aliphatic heterocycles. The second-order valence-electron chi connectivity index (χ2n) is 5.07. The highest BCUT2D eigenvalue weighted by Gasteiger charge is 2.34. The number of aromatic nitrogens is 4. The molecule has 2 aromatic rings. The Hall–Kier alpha value is -2.45. The zero-order chi connectivity index (χ0) is 15.7. The Morgan fingerprint density at radius 3 is 2.64 bits per heavy atom. The Balaban J connectivity index is 1.67. The van der Waals surface area contributed by atoms with Gasteiger partial charge in [-0.2, -0.15) is 18.3 Å². The number of halogens is 3. The fourth-order valence-electron chi connectivity index (χ4n) is 2.30. The van der Waals surface area contributed by atoms with E-state index in [1.807, 2.05) is 4.90 Å². The van der Waals surface area contributed by atoms with Gasteiger partial charge in [-0.25, -0.2) is 9.67 Å². The second kappa shape index (κ2) is 5.39. The highest BCUT2D eigenvalue weighted by atomic mass is 19.4. The molecule has 1 aliphatic rings. The van der Waals surface area contributed by atoms with E-state index in [9.17, 15) is 18.0 Å². The van der Waals surface area contributed by atoms with E-state index in [1.165, 1.54) is 0 Å². The molecule has 116 valence electrons. The molecule has 1 fully saturated rings. The first-order valence-electron chi connectivity index (χ1n) is 6.60. The molecule has 0 bridgehead atoms. The fourth-order valence-corrected chi connectivity index (χ4v) is 2.30. The first-order valence-corrected chi connectivity index (χ1v) is 6.60. The van der Waals surface area contributed by atoms with Crippen LogP contribution in [0.2, 0.25) is 0 Å². The summed E-state index contributed by atoms with van der Waals surface area (Å²) >= 11 is 0. The Kier molecular flexibility index (Phi) is 3.55. The van der Waals surface area contributed by atoms with Crippen LogP contribution in [0, 0.1) is 5.92 Å². The van der Waals surface area contributed by atoms with Crippen LogP contribution in [0.25, 0.3) is 0 Å². The smallest absolute Gasteiger partial charge is 0.355 e. The molecule has 3 heterocycles. The zero-order valence-corrected chi connectivity index (χ0v) is 11.4. The molecule has 2 aromatic heterocycles. The summed E-state index contributed by atoms with van der Waals surface area (Å²) in [6.07, 6.45) is 0.194. The molecule has 0 saturated carbocycles. The number of hydrogen-bond acceptors (Lipinski definition) is 5. The Morgan fingerprint density at radius 2 is 2.00 bits per heavy atom. The minimum atomic E-state index is -4.55. The van der Waals surface area contributed by atoms with Gasteiger partial charge in [0.05, 0.1) is 12.7 Å². The first kappa shape index (κ1) is 14.5. The summed E-state index contributed by atoms with van der Waals surface area (Å²) in [6.45, 7) is 1.35.